The zero-order valence-corrected chi connectivity index (χ0v) is 6.48. The average Bonchev–Trinajstić information content (AvgIpc) is 1.95. The lowest BCUT2D eigenvalue weighted by molar-refractivity contribution is 0.664. The number of nitrogens with two attached hydrogens (primary N) is 1. The summed E-state index contributed by atoms with van der Waals surface area (Å²) in [5.41, 5.74) is 7.31. The second-order valence-electron chi connectivity index (χ2n) is 2.11. The number of hydrogen-bond donors (Lipinski definition) is 2. The first-order valence-corrected chi connectivity index (χ1v) is 3.69. The van der Waals surface area contributed by atoms with E-state index in [1.54, 1.807) is 12.1 Å². The van der Waals surface area contributed by atoms with Gasteiger partial charge in [-0.25, -0.2) is 0 Å². The highest BCUT2D eigenvalue weighted by Gasteiger charge is 1.94. The molecular weight excluding hydrogens is 146 g/mol. The van der Waals surface area contributed by atoms with E-state index in [-0.39, 0.29) is 0 Å². The highest BCUT2D eigenvalue weighted by molar-refractivity contribution is 7.93. The lowest BCUT2D eigenvalue weighted by atomic mass is 10.2. The smallest absolute Gasteiger partial charge is 0.0354 e. The number of nitrogen functional groups attached to an aromatic ring is 1. The molecule has 1 aromatic carbocycles. The molecule has 3 N–H and O–H groups in total. The molecule has 0 atom stereocenters. The average molecular weight is 155 g/mol. The van der Waals surface area contributed by atoms with Crippen LogP contribution in [0.15, 0.2) is 23.1 Å². The van der Waals surface area contributed by atoms with Gasteiger partial charge in [-0.1, -0.05) is 0 Å². The number of hydrogen-bond acceptors (Lipinski definition) is 3. The molecule has 0 spiro atoms. The molecule has 1 rings (SSSR count). The van der Waals surface area contributed by atoms with Crippen LogP contribution in [0.3, 0.4) is 0 Å². The first-order valence-electron chi connectivity index (χ1n) is 2.91. The van der Waals surface area contributed by atoms with Crippen LogP contribution in [0.1, 0.15) is 5.56 Å². The highest BCUT2D eigenvalue weighted by atomic mass is 32.2. The van der Waals surface area contributed by atoms with Crippen LogP contribution in [0.25, 0.3) is 0 Å². The van der Waals surface area contributed by atoms with Crippen LogP contribution in [0.5, 0.6) is 0 Å². The SMILES string of the molecule is Cc1cc(SO)ccc1N. The van der Waals surface area contributed by atoms with Crippen molar-refractivity contribution in [3.05, 3.63) is 23.8 Å². The van der Waals surface area contributed by atoms with E-state index in [9.17, 15) is 0 Å². The molecule has 0 bridgehead atoms. The third kappa shape index (κ3) is 1.43. The molecule has 54 valence electrons. The van der Waals surface area contributed by atoms with Crippen molar-refractivity contribution in [3.63, 3.8) is 0 Å². The first-order chi connectivity index (χ1) is 4.74. The summed E-state index contributed by atoms with van der Waals surface area (Å²) in [5.74, 6) is 0. The van der Waals surface area contributed by atoms with E-state index in [1.165, 1.54) is 0 Å². The Balaban J connectivity index is 3.04. The van der Waals surface area contributed by atoms with Crippen LogP contribution in [0.2, 0.25) is 0 Å². The number of aryl methyl sites for hydroxylation is 1. The predicted octanol–water partition coefficient (Wildman–Crippen LogP) is 2.14. The summed E-state index contributed by atoms with van der Waals surface area (Å²) in [6.45, 7) is 1.91. The minimum atomic E-state index is 0.736. The fraction of sp³-hybridized carbons (Fsp3) is 0.143. The van der Waals surface area contributed by atoms with Gasteiger partial charge in [0.2, 0.25) is 0 Å². The molecule has 0 amide bonds. The van der Waals surface area contributed by atoms with Crippen molar-refractivity contribution in [2.45, 2.75) is 11.8 Å². The zero-order valence-electron chi connectivity index (χ0n) is 5.66. The molecule has 0 unspecified atom stereocenters. The second kappa shape index (κ2) is 2.94. The van der Waals surface area contributed by atoms with Crippen molar-refractivity contribution >= 4 is 17.7 Å². The maximum Gasteiger partial charge on any atom is 0.0354 e. The normalized spacial score (nSPS) is 9.80. The molecule has 0 fully saturated rings. The van der Waals surface area contributed by atoms with Crippen molar-refractivity contribution in [3.8, 4) is 0 Å². The standard InChI is InChI=1S/C7H9NOS/c1-5-4-6(10-9)2-3-7(5)8/h2-4,9H,8H2,1H3. The predicted molar refractivity (Wildman–Crippen MR) is 44.1 cm³/mol. The van der Waals surface area contributed by atoms with Crippen molar-refractivity contribution in [1.82, 2.24) is 0 Å². The van der Waals surface area contributed by atoms with Gasteiger partial charge in [0.25, 0.3) is 0 Å². The van der Waals surface area contributed by atoms with Crippen molar-refractivity contribution in [2.75, 3.05) is 5.73 Å². The van der Waals surface area contributed by atoms with E-state index < -0.39 is 0 Å². The number of anilines is 1. The summed E-state index contributed by atoms with van der Waals surface area (Å²) >= 11 is 0.736. The van der Waals surface area contributed by atoms with Gasteiger partial charge in [0, 0.05) is 22.6 Å². The van der Waals surface area contributed by atoms with Crippen molar-refractivity contribution in [1.29, 1.82) is 0 Å². The highest BCUT2D eigenvalue weighted by Crippen LogP contribution is 2.19. The van der Waals surface area contributed by atoms with Crippen LogP contribution in [-0.2, 0) is 0 Å². The Kier molecular flexibility index (Phi) is 2.19. The Morgan fingerprint density at radius 1 is 1.50 bits per heavy atom. The Morgan fingerprint density at radius 2 is 2.20 bits per heavy atom. The second-order valence-corrected chi connectivity index (χ2v) is 2.76. The van der Waals surface area contributed by atoms with E-state index in [1.807, 2.05) is 13.0 Å². The van der Waals surface area contributed by atoms with Gasteiger partial charge in [0.15, 0.2) is 0 Å². The van der Waals surface area contributed by atoms with Gasteiger partial charge in [0.05, 0.1) is 0 Å². The Hall–Kier alpha value is -0.670. The van der Waals surface area contributed by atoms with Gasteiger partial charge in [-0.05, 0) is 30.7 Å². The summed E-state index contributed by atoms with van der Waals surface area (Å²) < 4.78 is 8.63. The summed E-state index contributed by atoms with van der Waals surface area (Å²) in [5, 5.41) is 0. The van der Waals surface area contributed by atoms with Gasteiger partial charge < -0.3 is 10.3 Å². The van der Waals surface area contributed by atoms with E-state index in [0.29, 0.717) is 0 Å². The Morgan fingerprint density at radius 3 is 2.70 bits per heavy atom. The number of benzene rings is 1. The van der Waals surface area contributed by atoms with Crippen LogP contribution in [-0.4, -0.2) is 4.55 Å². The van der Waals surface area contributed by atoms with Crippen LogP contribution in [0.4, 0.5) is 5.69 Å². The Bertz CT molecular complexity index is 237. The molecule has 0 saturated carbocycles. The van der Waals surface area contributed by atoms with Crippen LogP contribution in [0, 0.1) is 6.92 Å². The molecular formula is C7H9NOS. The molecule has 0 aromatic heterocycles. The minimum absolute atomic E-state index is 0.736. The van der Waals surface area contributed by atoms with E-state index in [2.05, 4.69) is 0 Å². The first kappa shape index (κ1) is 7.44. The summed E-state index contributed by atoms with van der Waals surface area (Å²) in [7, 11) is 0. The van der Waals surface area contributed by atoms with Crippen LogP contribution < -0.4 is 5.73 Å². The fourth-order valence-electron chi connectivity index (χ4n) is 0.705. The Labute approximate surface area is 64.3 Å². The quantitative estimate of drug-likeness (QED) is 0.482. The zero-order chi connectivity index (χ0) is 7.56. The lowest BCUT2D eigenvalue weighted by Gasteiger charge is -1.99. The van der Waals surface area contributed by atoms with E-state index in [0.717, 1.165) is 28.2 Å². The topological polar surface area (TPSA) is 46.2 Å². The molecule has 10 heavy (non-hydrogen) atoms. The monoisotopic (exact) mass is 155 g/mol. The van der Waals surface area contributed by atoms with Gasteiger partial charge >= 0.3 is 0 Å². The van der Waals surface area contributed by atoms with Crippen LogP contribution >= 0.6 is 12.0 Å². The maximum absolute atomic E-state index is 8.63. The molecule has 0 heterocycles. The number of rotatable bonds is 1. The summed E-state index contributed by atoms with van der Waals surface area (Å²) in [6.07, 6.45) is 0. The van der Waals surface area contributed by atoms with Gasteiger partial charge in [-0.3, -0.25) is 0 Å². The van der Waals surface area contributed by atoms with Gasteiger partial charge in [0.1, 0.15) is 0 Å². The summed E-state index contributed by atoms with van der Waals surface area (Å²) in [4.78, 5) is 0.826. The van der Waals surface area contributed by atoms with Gasteiger partial charge in [-0.2, -0.15) is 0 Å². The van der Waals surface area contributed by atoms with Crippen molar-refractivity contribution in [2.24, 2.45) is 0 Å². The minimum Gasteiger partial charge on any atom is -0.399 e. The lowest BCUT2D eigenvalue weighted by Crippen LogP contribution is -1.88. The van der Waals surface area contributed by atoms with E-state index in [4.69, 9.17) is 10.3 Å². The van der Waals surface area contributed by atoms with Gasteiger partial charge in [-0.15, -0.1) is 0 Å². The third-order valence-corrected chi connectivity index (χ3v) is 1.81. The molecule has 0 aliphatic heterocycles. The third-order valence-electron chi connectivity index (χ3n) is 1.35. The summed E-state index contributed by atoms with van der Waals surface area (Å²) in [6, 6.07) is 5.42. The van der Waals surface area contributed by atoms with Crippen molar-refractivity contribution < 1.29 is 4.55 Å². The molecule has 2 nitrogen and oxygen atoms in total. The molecule has 0 radical (unpaired) electrons. The molecule has 1 aromatic rings. The maximum atomic E-state index is 8.63. The van der Waals surface area contributed by atoms with E-state index >= 15 is 0 Å². The molecule has 0 aliphatic rings. The fourth-order valence-corrected chi connectivity index (χ4v) is 1.06. The largest absolute Gasteiger partial charge is 0.399 e. The molecule has 0 aliphatic carbocycles. The molecule has 0 saturated heterocycles. The molecule has 3 heteroatoms.